The number of halogens is 2. The molecule has 0 N–H and O–H groups in total. The van der Waals surface area contributed by atoms with Crippen LogP contribution in [0, 0.1) is 0 Å². The van der Waals surface area contributed by atoms with Crippen LogP contribution in [-0.2, 0) is 11.2 Å². The highest BCUT2D eigenvalue weighted by Crippen LogP contribution is 2.24. The second-order valence-corrected chi connectivity index (χ2v) is 7.84. The lowest BCUT2D eigenvalue weighted by atomic mass is 10.1. The van der Waals surface area contributed by atoms with Crippen molar-refractivity contribution in [2.75, 3.05) is 38.2 Å². The van der Waals surface area contributed by atoms with Crippen molar-refractivity contribution in [2.24, 2.45) is 0 Å². The maximum atomic E-state index is 12.6. The molecule has 2 aromatic rings. The Morgan fingerprint density at radius 2 is 1.79 bits per heavy atom. The minimum atomic E-state index is 0.233. The predicted octanol–water partition coefficient (Wildman–Crippen LogP) is 5.06. The number of nitrogens with zero attached hydrogens (tertiary/aromatic N) is 2. The molecule has 0 spiro atoms. The van der Waals surface area contributed by atoms with Crippen LogP contribution >= 0.6 is 23.2 Å². The van der Waals surface area contributed by atoms with Crippen molar-refractivity contribution < 1.29 is 9.53 Å². The van der Waals surface area contributed by atoms with Gasteiger partial charge in [-0.3, -0.25) is 4.79 Å². The molecule has 6 heteroatoms. The number of carbonyl (C=O) groups is 1. The molecule has 0 aliphatic carbocycles. The zero-order valence-electron chi connectivity index (χ0n) is 16.2. The van der Waals surface area contributed by atoms with Crippen LogP contribution in [0.3, 0.4) is 0 Å². The lowest BCUT2D eigenvalue weighted by Gasteiger charge is -2.24. The van der Waals surface area contributed by atoms with Gasteiger partial charge in [-0.25, -0.2) is 0 Å². The van der Waals surface area contributed by atoms with Gasteiger partial charge in [-0.05, 0) is 61.2 Å². The van der Waals surface area contributed by atoms with E-state index in [1.54, 1.807) is 7.11 Å². The van der Waals surface area contributed by atoms with E-state index in [1.807, 2.05) is 35.2 Å². The fraction of sp³-hybridized carbons (Fsp3) is 0.409. The van der Waals surface area contributed by atoms with Crippen molar-refractivity contribution in [3.8, 4) is 5.75 Å². The summed E-state index contributed by atoms with van der Waals surface area (Å²) in [7, 11) is 1.67. The maximum Gasteiger partial charge on any atom is 0.222 e. The van der Waals surface area contributed by atoms with Crippen molar-refractivity contribution >= 4 is 34.8 Å². The Labute approximate surface area is 177 Å². The summed E-state index contributed by atoms with van der Waals surface area (Å²) in [5.74, 6) is 1.09. The summed E-state index contributed by atoms with van der Waals surface area (Å²) >= 11 is 12.0. The number of hydrogen-bond donors (Lipinski definition) is 0. The highest BCUT2D eigenvalue weighted by atomic mass is 35.5. The van der Waals surface area contributed by atoms with Crippen LogP contribution in [-0.4, -0.2) is 44.1 Å². The van der Waals surface area contributed by atoms with Gasteiger partial charge in [-0.15, -0.1) is 0 Å². The second-order valence-electron chi connectivity index (χ2n) is 7.02. The Hall–Kier alpha value is -1.91. The SMILES string of the molecule is COc1ccc(N2CCCN(C(=O)CCCc3ccc(Cl)c(Cl)c3)CC2)cc1. The Bertz CT molecular complexity index is 796. The number of aryl methyl sites for hydroxylation is 1. The van der Waals surface area contributed by atoms with E-state index in [9.17, 15) is 4.79 Å². The molecule has 0 atom stereocenters. The van der Waals surface area contributed by atoms with Crippen LogP contribution in [0.4, 0.5) is 5.69 Å². The first kappa shape index (κ1) is 20.8. The van der Waals surface area contributed by atoms with Crippen LogP contribution in [0.25, 0.3) is 0 Å². The van der Waals surface area contributed by atoms with E-state index in [0.29, 0.717) is 16.5 Å². The summed E-state index contributed by atoms with van der Waals surface area (Å²) in [5, 5.41) is 1.13. The largest absolute Gasteiger partial charge is 0.497 e. The fourth-order valence-electron chi connectivity index (χ4n) is 3.52. The molecule has 1 saturated heterocycles. The minimum absolute atomic E-state index is 0.233. The molecule has 2 aromatic carbocycles. The lowest BCUT2D eigenvalue weighted by Crippen LogP contribution is -2.35. The van der Waals surface area contributed by atoms with Gasteiger partial charge in [0.05, 0.1) is 17.2 Å². The van der Waals surface area contributed by atoms with Crippen LogP contribution in [0.1, 0.15) is 24.8 Å². The highest BCUT2D eigenvalue weighted by molar-refractivity contribution is 6.42. The maximum absolute atomic E-state index is 12.6. The number of benzene rings is 2. The molecule has 0 saturated carbocycles. The average molecular weight is 421 g/mol. The smallest absolute Gasteiger partial charge is 0.222 e. The third-order valence-corrected chi connectivity index (χ3v) is 5.87. The third-order valence-electron chi connectivity index (χ3n) is 5.13. The van der Waals surface area contributed by atoms with Crippen LogP contribution in [0.5, 0.6) is 5.75 Å². The van der Waals surface area contributed by atoms with E-state index in [4.69, 9.17) is 27.9 Å². The van der Waals surface area contributed by atoms with E-state index >= 15 is 0 Å². The topological polar surface area (TPSA) is 32.8 Å². The number of rotatable bonds is 6. The zero-order valence-corrected chi connectivity index (χ0v) is 17.7. The number of amides is 1. The number of hydrogen-bond acceptors (Lipinski definition) is 3. The van der Waals surface area contributed by atoms with E-state index in [2.05, 4.69) is 17.0 Å². The quantitative estimate of drug-likeness (QED) is 0.654. The molecule has 1 heterocycles. The first-order valence-electron chi connectivity index (χ1n) is 9.67. The second kappa shape index (κ2) is 10.0. The molecular formula is C22H26Cl2N2O2. The standard InChI is InChI=1S/C22H26Cl2N2O2/c1-28-19-9-7-18(8-10-19)25-12-3-13-26(15-14-25)22(27)5-2-4-17-6-11-20(23)21(24)16-17/h6-11,16H,2-5,12-15H2,1H3. The van der Waals surface area contributed by atoms with Crippen LogP contribution in [0.15, 0.2) is 42.5 Å². The molecule has 1 aliphatic rings. The predicted molar refractivity (Wildman–Crippen MR) is 116 cm³/mol. The average Bonchev–Trinajstić information content (AvgIpc) is 2.97. The Morgan fingerprint density at radius 1 is 1.00 bits per heavy atom. The van der Waals surface area contributed by atoms with Gasteiger partial charge in [-0.2, -0.15) is 0 Å². The van der Waals surface area contributed by atoms with Crippen molar-refractivity contribution in [1.82, 2.24) is 4.90 Å². The molecule has 0 aromatic heterocycles. The zero-order chi connectivity index (χ0) is 19.9. The third kappa shape index (κ3) is 5.55. The molecule has 1 fully saturated rings. The normalized spacial score (nSPS) is 14.7. The van der Waals surface area contributed by atoms with Gasteiger partial charge in [0, 0.05) is 38.3 Å². The minimum Gasteiger partial charge on any atom is -0.497 e. The van der Waals surface area contributed by atoms with Crippen molar-refractivity contribution in [3.05, 3.63) is 58.1 Å². The number of ether oxygens (including phenoxy) is 1. The molecule has 3 rings (SSSR count). The summed E-state index contributed by atoms with van der Waals surface area (Å²) in [6, 6.07) is 13.8. The first-order chi connectivity index (χ1) is 13.6. The molecule has 0 radical (unpaired) electrons. The molecule has 28 heavy (non-hydrogen) atoms. The van der Waals surface area contributed by atoms with E-state index in [1.165, 1.54) is 5.69 Å². The van der Waals surface area contributed by atoms with Gasteiger partial charge in [0.25, 0.3) is 0 Å². The monoisotopic (exact) mass is 420 g/mol. The molecule has 1 amide bonds. The van der Waals surface area contributed by atoms with E-state index < -0.39 is 0 Å². The molecule has 1 aliphatic heterocycles. The van der Waals surface area contributed by atoms with E-state index in [-0.39, 0.29) is 5.91 Å². The van der Waals surface area contributed by atoms with Crippen LogP contribution in [0.2, 0.25) is 10.0 Å². The Morgan fingerprint density at radius 3 is 2.50 bits per heavy atom. The molecule has 150 valence electrons. The van der Waals surface area contributed by atoms with Gasteiger partial charge < -0.3 is 14.5 Å². The van der Waals surface area contributed by atoms with Gasteiger partial charge >= 0.3 is 0 Å². The Balaban J connectivity index is 1.47. The summed E-state index contributed by atoms with van der Waals surface area (Å²) in [5.41, 5.74) is 2.29. The van der Waals surface area contributed by atoms with Crippen molar-refractivity contribution in [2.45, 2.75) is 25.7 Å². The van der Waals surface area contributed by atoms with Gasteiger partial charge in [0.2, 0.25) is 5.91 Å². The van der Waals surface area contributed by atoms with Gasteiger partial charge in [0.1, 0.15) is 5.75 Å². The summed E-state index contributed by atoms with van der Waals surface area (Å²) in [6.07, 6.45) is 3.18. The Kier molecular flexibility index (Phi) is 7.46. The summed E-state index contributed by atoms with van der Waals surface area (Å²) in [4.78, 5) is 17.0. The summed E-state index contributed by atoms with van der Waals surface area (Å²) < 4.78 is 5.23. The van der Waals surface area contributed by atoms with Crippen molar-refractivity contribution in [1.29, 1.82) is 0 Å². The van der Waals surface area contributed by atoms with Gasteiger partial charge in [-0.1, -0.05) is 29.3 Å². The van der Waals surface area contributed by atoms with E-state index in [0.717, 1.165) is 56.8 Å². The number of anilines is 1. The highest BCUT2D eigenvalue weighted by Gasteiger charge is 2.19. The first-order valence-corrected chi connectivity index (χ1v) is 10.4. The molecule has 0 bridgehead atoms. The number of carbonyl (C=O) groups excluding carboxylic acids is 1. The molecular weight excluding hydrogens is 395 g/mol. The fourth-order valence-corrected chi connectivity index (χ4v) is 3.84. The van der Waals surface area contributed by atoms with Crippen molar-refractivity contribution in [3.63, 3.8) is 0 Å². The van der Waals surface area contributed by atoms with Gasteiger partial charge in [0.15, 0.2) is 0 Å². The summed E-state index contributed by atoms with van der Waals surface area (Å²) in [6.45, 7) is 3.39. The number of methoxy groups -OCH3 is 1. The van der Waals surface area contributed by atoms with Crippen LogP contribution < -0.4 is 9.64 Å². The molecule has 4 nitrogen and oxygen atoms in total. The lowest BCUT2D eigenvalue weighted by molar-refractivity contribution is -0.131. The molecule has 0 unspecified atom stereocenters.